The molecule has 0 aliphatic carbocycles. The molecule has 1 spiro atoms. The summed E-state index contributed by atoms with van der Waals surface area (Å²) >= 11 is 7.34. The highest BCUT2D eigenvalue weighted by Crippen LogP contribution is 2.54. The van der Waals surface area contributed by atoms with Crippen LogP contribution < -0.4 is 5.32 Å². The number of nitrogens with zero attached hydrogens (tertiary/aromatic N) is 6. The first-order valence-corrected chi connectivity index (χ1v) is 11.8. The van der Waals surface area contributed by atoms with E-state index in [4.69, 9.17) is 16.3 Å². The fraction of sp³-hybridized carbons (Fsp3) is 0.429. The predicted octanol–water partition coefficient (Wildman–Crippen LogP) is 3.91. The van der Waals surface area contributed by atoms with Crippen LogP contribution in [-0.2, 0) is 22.8 Å². The van der Waals surface area contributed by atoms with E-state index < -0.39 is 18.1 Å². The second kappa shape index (κ2) is 7.52. The maximum Gasteiger partial charge on any atom is 0.297 e. The molecule has 4 aromatic rings. The maximum absolute atomic E-state index is 14.5. The van der Waals surface area contributed by atoms with Crippen LogP contribution in [0.4, 0.5) is 8.78 Å². The van der Waals surface area contributed by atoms with Gasteiger partial charge in [0.1, 0.15) is 12.2 Å². The Morgan fingerprint density at radius 3 is 3.09 bits per heavy atom. The molecular formula is C21H20ClF2N7OS. The Hall–Kier alpha value is -2.47. The molecule has 0 saturated carbocycles. The van der Waals surface area contributed by atoms with Crippen molar-refractivity contribution in [3.63, 3.8) is 0 Å². The summed E-state index contributed by atoms with van der Waals surface area (Å²) in [4.78, 5) is 8.96. The number of nitrogens with one attached hydrogen (secondary N) is 1. The molecule has 2 aliphatic heterocycles. The lowest BCUT2D eigenvalue weighted by atomic mass is 9.78. The Morgan fingerprint density at radius 2 is 2.21 bits per heavy atom. The van der Waals surface area contributed by atoms with Crippen LogP contribution in [0.2, 0.25) is 4.34 Å². The number of rotatable bonds is 3. The van der Waals surface area contributed by atoms with Gasteiger partial charge in [0.15, 0.2) is 5.65 Å². The molecule has 172 valence electrons. The van der Waals surface area contributed by atoms with Crippen LogP contribution in [0.1, 0.15) is 47.6 Å². The van der Waals surface area contributed by atoms with Gasteiger partial charge < -0.3 is 10.1 Å². The van der Waals surface area contributed by atoms with E-state index in [2.05, 4.69) is 25.6 Å². The summed E-state index contributed by atoms with van der Waals surface area (Å²) in [6.07, 6.45) is 9.96. The highest BCUT2D eigenvalue weighted by molar-refractivity contribution is 7.16. The van der Waals surface area contributed by atoms with E-state index in [0.717, 1.165) is 17.0 Å². The molecule has 0 bridgehead atoms. The predicted molar refractivity (Wildman–Crippen MR) is 118 cm³/mol. The van der Waals surface area contributed by atoms with Crippen molar-refractivity contribution < 1.29 is 13.5 Å². The Morgan fingerprint density at radius 1 is 1.33 bits per heavy atom. The molecule has 1 saturated heterocycles. The fourth-order valence-electron chi connectivity index (χ4n) is 4.93. The number of alkyl halides is 2. The van der Waals surface area contributed by atoms with Crippen molar-refractivity contribution in [2.75, 3.05) is 6.61 Å². The highest BCUT2D eigenvalue weighted by atomic mass is 35.5. The number of thiophene rings is 1. The lowest BCUT2D eigenvalue weighted by Crippen LogP contribution is -2.51. The van der Waals surface area contributed by atoms with E-state index >= 15 is 0 Å². The number of aromatic nitrogens is 6. The molecule has 1 fully saturated rings. The van der Waals surface area contributed by atoms with Crippen molar-refractivity contribution in [3.05, 3.63) is 63.2 Å². The quantitative estimate of drug-likeness (QED) is 0.468. The SMILES string of the molecule is C[C@H]1C[C@@]2(C[C@@H](c3cn(Cc4cnc5cnccn45)nn3)N1)OCC(F)(F)c1cc(Cl)sc12. The molecule has 6 rings (SSSR count). The van der Waals surface area contributed by atoms with Gasteiger partial charge in [0.25, 0.3) is 5.92 Å². The maximum atomic E-state index is 14.5. The normalized spacial score (nSPS) is 26.7. The minimum Gasteiger partial charge on any atom is -0.363 e. The lowest BCUT2D eigenvalue weighted by molar-refractivity contribution is -0.183. The molecule has 4 aromatic heterocycles. The summed E-state index contributed by atoms with van der Waals surface area (Å²) in [5.41, 5.74) is 1.60. The largest absolute Gasteiger partial charge is 0.363 e. The van der Waals surface area contributed by atoms with Crippen LogP contribution in [-0.4, -0.2) is 42.0 Å². The fourth-order valence-corrected chi connectivity index (χ4v) is 6.38. The molecule has 0 unspecified atom stereocenters. The first-order valence-electron chi connectivity index (χ1n) is 10.6. The summed E-state index contributed by atoms with van der Waals surface area (Å²) in [5, 5.41) is 12.2. The van der Waals surface area contributed by atoms with Gasteiger partial charge in [-0.1, -0.05) is 16.8 Å². The minimum atomic E-state index is -3.04. The van der Waals surface area contributed by atoms with Gasteiger partial charge in [-0.3, -0.25) is 9.38 Å². The molecular weight excluding hydrogens is 472 g/mol. The number of halogens is 3. The molecule has 2 aliphatic rings. The second-order valence-electron chi connectivity index (χ2n) is 8.70. The number of hydrogen-bond donors (Lipinski definition) is 1. The van der Waals surface area contributed by atoms with Crippen LogP contribution in [0.5, 0.6) is 0 Å². The summed E-state index contributed by atoms with van der Waals surface area (Å²) < 4.78 is 39.0. The summed E-state index contributed by atoms with van der Waals surface area (Å²) in [6, 6.07) is 1.21. The lowest BCUT2D eigenvalue weighted by Gasteiger charge is -2.47. The minimum absolute atomic E-state index is 0.0117. The summed E-state index contributed by atoms with van der Waals surface area (Å²) in [6.45, 7) is 1.86. The van der Waals surface area contributed by atoms with E-state index in [1.807, 2.05) is 23.7 Å². The van der Waals surface area contributed by atoms with Crippen LogP contribution >= 0.6 is 22.9 Å². The van der Waals surface area contributed by atoms with Gasteiger partial charge in [0.2, 0.25) is 0 Å². The molecule has 3 atom stereocenters. The zero-order chi connectivity index (χ0) is 22.8. The molecule has 12 heteroatoms. The number of imidazole rings is 1. The third-order valence-corrected chi connectivity index (χ3v) is 7.78. The van der Waals surface area contributed by atoms with E-state index in [1.165, 1.54) is 17.4 Å². The monoisotopic (exact) mass is 491 g/mol. The molecule has 0 aromatic carbocycles. The second-order valence-corrected chi connectivity index (χ2v) is 10.4. The molecule has 0 radical (unpaired) electrons. The van der Waals surface area contributed by atoms with E-state index in [9.17, 15) is 8.78 Å². The Kier molecular flexibility index (Phi) is 4.81. The zero-order valence-corrected chi connectivity index (χ0v) is 19.2. The van der Waals surface area contributed by atoms with Crippen molar-refractivity contribution >= 4 is 28.6 Å². The average molecular weight is 492 g/mol. The number of piperidine rings is 1. The van der Waals surface area contributed by atoms with E-state index in [0.29, 0.717) is 28.6 Å². The standard InChI is InChI=1S/C21H20ClF2N7OS/c1-12-5-20(19-14(4-17(22)33-19)21(23,24)11-32-20)6-15(27-12)16-10-30(29-28-16)9-13-7-26-18-8-25-2-3-31(13)18/h2-4,7-8,10,12,15,27H,5-6,9,11H2,1H3/t12-,15-,20-/m0/s1. The van der Waals surface area contributed by atoms with Crippen molar-refractivity contribution in [2.24, 2.45) is 0 Å². The van der Waals surface area contributed by atoms with Gasteiger partial charge in [-0.05, 0) is 19.4 Å². The number of hydrogen-bond acceptors (Lipinski definition) is 7. The molecule has 6 heterocycles. The molecule has 0 amide bonds. The highest BCUT2D eigenvalue weighted by Gasteiger charge is 2.53. The van der Waals surface area contributed by atoms with Gasteiger partial charge in [0, 0.05) is 35.3 Å². The number of fused-ring (bicyclic) bond motifs is 3. The third kappa shape index (κ3) is 3.54. The molecule has 8 nitrogen and oxygen atoms in total. The third-order valence-electron chi connectivity index (χ3n) is 6.33. The number of ether oxygens (including phenoxy) is 1. The van der Waals surface area contributed by atoms with Crippen LogP contribution in [0.15, 0.2) is 37.1 Å². The Labute approximate surface area is 196 Å². The van der Waals surface area contributed by atoms with Crippen LogP contribution in [0, 0.1) is 0 Å². The van der Waals surface area contributed by atoms with Crippen molar-refractivity contribution in [3.8, 4) is 0 Å². The van der Waals surface area contributed by atoms with Crippen molar-refractivity contribution in [2.45, 2.75) is 49.9 Å². The Bertz CT molecular complexity index is 1340. The van der Waals surface area contributed by atoms with Gasteiger partial charge in [-0.2, -0.15) is 8.78 Å². The van der Waals surface area contributed by atoms with Gasteiger partial charge in [-0.15, -0.1) is 16.4 Å². The summed E-state index contributed by atoms with van der Waals surface area (Å²) in [7, 11) is 0. The Balaban J connectivity index is 1.29. The van der Waals surface area contributed by atoms with Crippen LogP contribution in [0.25, 0.3) is 5.65 Å². The molecule has 1 N–H and O–H groups in total. The molecule has 33 heavy (non-hydrogen) atoms. The van der Waals surface area contributed by atoms with E-state index in [1.54, 1.807) is 23.3 Å². The van der Waals surface area contributed by atoms with Gasteiger partial charge in [-0.25, -0.2) is 9.67 Å². The van der Waals surface area contributed by atoms with Crippen molar-refractivity contribution in [1.29, 1.82) is 0 Å². The van der Waals surface area contributed by atoms with Gasteiger partial charge in [0.05, 0.1) is 46.9 Å². The zero-order valence-electron chi connectivity index (χ0n) is 17.6. The van der Waals surface area contributed by atoms with Gasteiger partial charge >= 0.3 is 0 Å². The smallest absolute Gasteiger partial charge is 0.297 e. The van der Waals surface area contributed by atoms with E-state index in [-0.39, 0.29) is 17.6 Å². The first-order chi connectivity index (χ1) is 15.8. The first kappa shape index (κ1) is 21.1. The average Bonchev–Trinajstić information content (AvgIpc) is 3.51. The van der Waals surface area contributed by atoms with Crippen molar-refractivity contribution in [1.82, 2.24) is 34.7 Å². The summed E-state index contributed by atoms with van der Waals surface area (Å²) in [5.74, 6) is -3.04. The van der Waals surface area contributed by atoms with Crippen LogP contribution in [0.3, 0.4) is 0 Å². The topological polar surface area (TPSA) is 82.2 Å².